The van der Waals surface area contributed by atoms with Gasteiger partial charge in [0, 0.05) is 19.7 Å². The summed E-state index contributed by atoms with van der Waals surface area (Å²) in [6, 6.07) is 1.94. The summed E-state index contributed by atoms with van der Waals surface area (Å²) in [7, 11) is 1.87. The van der Waals surface area contributed by atoms with Crippen molar-refractivity contribution in [2.75, 3.05) is 24.2 Å². The van der Waals surface area contributed by atoms with E-state index < -0.39 is 0 Å². The fourth-order valence-corrected chi connectivity index (χ4v) is 2.35. The first-order valence-corrected chi connectivity index (χ1v) is 6.03. The van der Waals surface area contributed by atoms with Gasteiger partial charge in [-0.05, 0) is 18.3 Å². The molecule has 0 aliphatic heterocycles. The highest BCUT2D eigenvalue weighted by Gasteiger charge is 2.22. The summed E-state index contributed by atoms with van der Waals surface area (Å²) in [5.74, 6) is 3.42. The quantitative estimate of drug-likeness (QED) is 0.818. The highest BCUT2D eigenvalue weighted by atomic mass is 15.1. The van der Waals surface area contributed by atoms with Gasteiger partial charge >= 0.3 is 0 Å². The maximum absolute atomic E-state index is 4.21. The van der Waals surface area contributed by atoms with Gasteiger partial charge in [0.05, 0.1) is 0 Å². The van der Waals surface area contributed by atoms with Crippen LogP contribution >= 0.6 is 0 Å². The molecule has 2 unspecified atom stereocenters. The van der Waals surface area contributed by atoms with Crippen LogP contribution in [-0.2, 0) is 0 Å². The Bertz CT molecular complexity index is 340. The Morgan fingerprint density at radius 1 is 1.31 bits per heavy atom. The fraction of sp³-hybridized carbons (Fsp3) is 0.667. The summed E-state index contributed by atoms with van der Waals surface area (Å²) in [4.78, 5) is 8.30. The lowest BCUT2D eigenvalue weighted by Crippen LogP contribution is -2.17. The first kappa shape index (κ1) is 11.2. The summed E-state index contributed by atoms with van der Waals surface area (Å²) in [6.07, 6.45) is 5.68. The number of aromatic nitrogens is 2. The van der Waals surface area contributed by atoms with Crippen LogP contribution in [0.3, 0.4) is 0 Å². The molecule has 0 spiro atoms. The summed E-state index contributed by atoms with van der Waals surface area (Å²) >= 11 is 0. The van der Waals surface area contributed by atoms with E-state index in [9.17, 15) is 0 Å². The minimum Gasteiger partial charge on any atom is -0.373 e. The molecule has 0 saturated heterocycles. The molecule has 2 rings (SSSR count). The molecule has 2 N–H and O–H groups in total. The van der Waals surface area contributed by atoms with Gasteiger partial charge in [-0.25, -0.2) is 9.97 Å². The highest BCUT2D eigenvalue weighted by Crippen LogP contribution is 2.31. The van der Waals surface area contributed by atoms with Crippen LogP contribution in [-0.4, -0.2) is 23.6 Å². The molecule has 1 saturated carbocycles. The zero-order valence-corrected chi connectivity index (χ0v) is 10.0. The van der Waals surface area contributed by atoms with E-state index in [1.54, 1.807) is 6.33 Å². The van der Waals surface area contributed by atoms with Crippen LogP contribution < -0.4 is 10.6 Å². The van der Waals surface area contributed by atoms with Crippen LogP contribution in [0, 0.1) is 11.8 Å². The third kappa shape index (κ3) is 2.62. The number of nitrogens with one attached hydrogen (secondary N) is 2. The second-order valence-corrected chi connectivity index (χ2v) is 4.59. The zero-order valence-electron chi connectivity index (χ0n) is 10.0. The molecule has 0 amide bonds. The number of hydrogen-bond acceptors (Lipinski definition) is 4. The Balaban J connectivity index is 1.88. The monoisotopic (exact) mass is 220 g/mol. The molecule has 0 radical (unpaired) electrons. The van der Waals surface area contributed by atoms with Crippen molar-refractivity contribution < 1.29 is 0 Å². The first-order chi connectivity index (χ1) is 7.79. The molecule has 2 atom stereocenters. The molecule has 1 aliphatic carbocycles. The van der Waals surface area contributed by atoms with E-state index in [1.807, 2.05) is 13.1 Å². The maximum atomic E-state index is 4.21. The maximum Gasteiger partial charge on any atom is 0.131 e. The van der Waals surface area contributed by atoms with Crippen LogP contribution in [0.5, 0.6) is 0 Å². The minimum absolute atomic E-state index is 0.799. The van der Waals surface area contributed by atoms with Crippen LogP contribution in [0.2, 0.25) is 0 Å². The summed E-state index contributed by atoms with van der Waals surface area (Å²) < 4.78 is 0. The molecule has 0 bridgehead atoms. The van der Waals surface area contributed by atoms with E-state index in [4.69, 9.17) is 0 Å². The van der Waals surface area contributed by atoms with Crippen LogP contribution in [0.25, 0.3) is 0 Å². The molecular formula is C12H20N4. The van der Waals surface area contributed by atoms with Crippen molar-refractivity contribution in [3.8, 4) is 0 Å². The van der Waals surface area contributed by atoms with Gasteiger partial charge in [0.15, 0.2) is 0 Å². The van der Waals surface area contributed by atoms with Crippen LogP contribution in [0.1, 0.15) is 26.2 Å². The molecular weight excluding hydrogens is 200 g/mol. The van der Waals surface area contributed by atoms with E-state index >= 15 is 0 Å². The van der Waals surface area contributed by atoms with Crippen molar-refractivity contribution in [3.05, 3.63) is 12.4 Å². The lowest BCUT2D eigenvalue weighted by atomic mass is 9.98. The van der Waals surface area contributed by atoms with Crippen molar-refractivity contribution in [2.45, 2.75) is 26.2 Å². The Labute approximate surface area is 96.9 Å². The van der Waals surface area contributed by atoms with Crippen molar-refractivity contribution in [3.63, 3.8) is 0 Å². The molecule has 4 heteroatoms. The van der Waals surface area contributed by atoms with Gasteiger partial charge in [-0.15, -0.1) is 0 Å². The Hall–Kier alpha value is -1.32. The first-order valence-electron chi connectivity index (χ1n) is 6.03. The van der Waals surface area contributed by atoms with Gasteiger partial charge in [0.2, 0.25) is 0 Å². The van der Waals surface area contributed by atoms with E-state index in [0.717, 1.165) is 30.0 Å². The number of anilines is 2. The molecule has 1 aromatic rings. The number of nitrogens with zero attached hydrogens (tertiary/aromatic N) is 2. The van der Waals surface area contributed by atoms with Gasteiger partial charge < -0.3 is 10.6 Å². The van der Waals surface area contributed by atoms with Crippen molar-refractivity contribution >= 4 is 11.6 Å². The van der Waals surface area contributed by atoms with Gasteiger partial charge in [-0.2, -0.15) is 0 Å². The molecule has 88 valence electrons. The average Bonchev–Trinajstić information content (AvgIpc) is 2.72. The number of hydrogen-bond donors (Lipinski definition) is 2. The third-order valence-corrected chi connectivity index (χ3v) is 3.51. The average molecular weight is 220 g/mol. The second-order valence-electron chi connectivity index (χ2n) is 4.59. The SMILES string of the molecule is CNc1cc(NCC2CCCC2C)ncn1. The van der Waals surface area contributed by atoms with Gasteiger partial charge in [0.25, 0.3) is 0 Å². The molecule has 4 nitrogen and oxygen atoms in total. The standard InChI is InChI=1S/C12H20N4/c1-9-4-3-5-10(9)7-14-12-6-11(13-2)15-8-16-12/h6,8-10H,3-5,7H2,1-2H3,(H2,13,14,15,16). The smallest absolute Gasteiger partial charge is 0.131 e. The third-order valence-electron chi connectivity index (χ3n) is 3.51. The van der Waals surface area contributed by atoms with E-state index in [1.165, 1.54) is 19.3 Å². The van der Waals surface area contributed by atoms with E-state index in [2.05, 4.69) is 27.5 Å². The van der Waals surface area contributed by atoms with Crippen molar-refractivity contribution in [1.29, 1.82) is 0 Å². The Kier molecular flexibility index (Phi) is 3.59. The number of rotatable bonds is 4. The van der Waals surface area contributed by atoms with E-state index in [-0.39, 0.29) is 0 Å². The van der Waals surface area contributed by atoms with Crippen LogP contribution in [0.4, 0.5) is 11.6 Å². The van der Waals surface area contributed by atoms with Crippen molar-refractivity contribution in [1.82, 2.24) is 9.97 Å². The summed E-state index contributed by atoms with van der Waals surface area (Å²) in [6.45, 7) is 3.37. The van der Waals surface area contributed by atoms with Gasteiger partial charge in [0.1, 0.15) is 18.0 Å². The normalized spacial score (nSPS) is 24.4. The van der Waals surface area contributed by atoms with Gasteiger partial charge in [-0.3, -0.25) is 0 Å². The van der Waals surface area contributed by atoms with E-state index in [0.29, 0.717) is 0 Å². The van der Waals surface area contributed by atoms with Crippen LogP contribution in [0.15, 0.2) is 12.4 Å². The Morgan fingerprint density at radius 3 is 2.81 bits per heavy atom. The minimum atomic E-state index is 0.799. The largest absolute Gasteiger partial charge is 0.373 e. The predicted octanol–water partition coefficient (Wildman–Crippen LogP) is 2.37. The zero-order chi connectivity index (χ0) is 11.4. The molecule has 1 aliphatic rings. The predicted molar refractivity (Wildman–Crippen MR) is 66.6 cm³/mol. The lowest BCUT2D eigenvalue weighted by Gasteiger charge is -2.16. The topological polar surface area (TPSA) is 49.8 Å². The van der Waals surface area contributed by atoms with Gasteiger partial charge in [-0.1, -0.05) is 19.8 Å². The summed E-state index contributed by atoms with van der Waals surface area (Å²) in [5.41, 5.74) is 0. The lowest BCUT2D eigenvalue weighted by molar-refractivity contribution is 0.439. The molecule has 16 heavy (non-hydrogen) atoms. The molecule has 1 heterocycles. The fourth-order valence-electron chi connectivity index (χ4n) is 2.35. The van der Waals surface area contributed by atoms with Crippen molar-refractivity contribution in [2.24, 2.45) is 11.8 Å². The Morgan fingerprint density at radius 2 is 2.12 bits per heavy atom. The molecule has 1 fully saturated rings. The molecule has 1 aromatic heterocycles. The second kappa shape index (κ2) is 5.14. The summed E-state index contributed by atoms with van der Waals surface area (Å²) in [5, 5.41) is 6.41. The highest BCUT2D eigenvalue weighted by molar-refractivity contribution is 5.45. The molecule has 0 aromatic carbocycles.